The Morgan fingerprint density at radius 2 is 2.27 bits per heavy atom. The summed E-state index contributed by atoms with van der Waals surface area (Å²) in [6, 6.07) is 3.17. The van der Waals surface area contributed by atoms with Crippen LogP contribution < -0.4 is 10.0 Å². The molecule has 0 spiro atoms. The van der Waals surface area contributed by atoms with Crippen LogP contribution in [0, 0.1) is 0 Å². The lowest BCUT2D eigenvalue weighted by Crippen LogP contribution is -2.26. The van der Waals surface area contributed by atoms with Crippen LogP contribution in [0.2, 0.25) is 0 Å². The molecule has 0 fully saturated rings. The second-order valence-corrected chi connectivity index (χ2v) is 4.73. The van der Waals surface area contributed by atoms with Gasteiger partial charge < -0.3 is 5.32 Å². The van der Waals surface area contributed by atoms with Gasteiger partial charge in [-0.25, -0.2) is 8.42 Å². The molecule has 7 heteroatoms. The van der Waals surface area contributed by atoms with Crippen LogP contribution >= 0.6 is 0 Å². The van der Waals surface area contributed by atoms with Crippen LogP contribution in [0.5, 0.6) is 0 Å². The first-order valence-electron chi connectivity index (χ1n) is 4.63. The smallest absolute Gasteiger partial charge is 0.235 e. The average molecular weight is 230 g/mol. The second-order valence-electron chi connectivity index (χ2n) is 2.88. The minimum absolute atomic E-state index is 0.0252. The third-order valence-corrected chi connectivity index (χ3v) is 2.89. The van der Waals surface area contributed by atoms with E-state index in [9.17, 15) is 8.42 Å². The highest BCUT2D eigenvalue weighted by Crippen LogP contribution is 2.01. The third-order valence-electron chi connectivity index (χ3n) is 1.63. The van der Waals surface area contributed by atoms with E-state index in [1.165, 1.54) is 6.20 Å². The summed E-state index contributed by atoms with van der Waals surface area (Å²) in [5.74, 6) is 0.270. The number of nitrogens with one attached hydrogen (secondary N) is 2. The van der Waals surface area contributed by atoms with Crippen molar-refractivity contribution in [1.82, 2.24) is 15.5 Å². The van der Waals surface area contributed by atoms with Crippen molar-refractivity contribution in [2.75, 3.05) is 23.6 Å². The van der Waals surface area contributed by atoms with Crippen LogP contribution in [-0.2, 0) is 10.0 Å². The van der Waals surface area contributed by atoms with E-state index in [2.05, 4.69) is 20.2 Å². The molecule has 0 aromatic carbocycles. The van der Waals surface area contributed by atoms with Crippen molar-refractivity contribution in [3.63, 3.8) is 0 Å². The van der Waals surface area contributed by atoms with Gasteiger partial charge in [0, 0.05) is 12.7 Å². The highest BCUT2D eigenvalue weighted by atomic mass is 32.2. The first-order valence-corrected chi connectivity index (χ1v) is 6.28. The van der Waals surface area contributed by atoms with Crippen LogP contribution in [0.4, 0.5) is 5.82 Å². The molecule has 1 rings (SSSR count). The Hall–Kier alpha value is -1.21. The predicted octanol–water partition coefficient (Wildman–Crippen LogP) is -0.172. The molecule has 2 N–H and O–H groups in total. The van der Waals surface area contributed by atoms with E-state index in [1.807, 2.05) is 6.92 Å². The number of sulfonamides is 1. The maximum Gasteiger partial charge on any atom is 0.235 e. The van der Waals surface area contributed by atoms with E-state index >= 15 is 0 Å². The van der Waals surface area contributed by atoms with Crippen LogP contribution in [0.1, 0.15) is 6.92 Å². The molecule has 0 amide bonds. The van der Waals surface area contributed by atoms with Gasteiger partial charge in [-0.15, -0.1) is 5.10 Å². The van der Waals surface area contributed by atoms with Gasteiger partial charge in [0.05, 0.1) is 5.75 Å². The molecule has 0 aliphatic rings. The number of nitrogens with zero attached hydrogens (tertiary/aromatic N) is 2. The van der Waals surface area contributed by atoms with Gasteiger partial charge in [-0.2, -0.15) is 5.10 Å². The lowest BCUT2D eigenvalue weighted by molar-refractivity contribution is 0.597. The SMILES string of the molecule is CCNCCS(=O)(=O)Nc1cccnn1. The van der Waals surface area contributed by atoms with Crippen molar-refractivity contribution in [2.24, 2.45) is 0 Å². The molecule has 0 radical (unpaired) electrons. The molecule has 0 unspecified atom stereocenters. The normalized spacial score (nSPS) is 11.3. The monoisotopic (exact) mass is 230 g/mol. The summed E-state index contributed by atoms with van der Waals surface area (Å²) in [6.07, 6.45) is 1.48. The topological polar surface area (TPSA) is 84.0 Å². The van der Waals surface area contributed by atoms with E-state index in [-0.39, 0.29) is 11.6 Å². The van der Waals surface area contributed by atoms with Gasteiger partial charge >= 0.3 is 0 Å². The highest BCUT2D eigenvalue weighted by Gasteiger charge is 2.09. The Balaban J connectivity index is 2.50. The fourth-order valence-corrected chi connectivity index (χ4v) is 1.89. The van der Waals surface area contributed by atoms with Crippen molar-refractivity contribution in [3.8, 4) is 0 Å². The highest BCUT2D eigenvalue weighted by molar-refractivity contribution is 7.92. The number of aromatic nitrogens is 2. The fraction of sp³-hybridized carbons (Fsp3) is 0.500. The number of rotatable bonds is 6. The largest absolute Gasteiger partial charge is 0.316 e. The zero-order chi connectivity index (χ0) is 11.1. The van der Waals surface area contributed by atoms with Gasteiger partial charge in [0.15, 0.2) is 5.82 Å². The third kappa shape index (κ3) is 4.71. The van der Waals surface area contributed by atoms with Gasteiger partial charge in [0.25, 0.3) is 0 Å². The van der Waals surface area contributed by atoms with Crippen molar-refractivity contribution in [2.45, 2.75) is 6.92 Å². The minimum atomic E-state index is -3.32. The van der Waals surface area contributed by atoms with E-state index in [0.29, 0.717) is 6.54 Å². The standard InChI is InChI=1S/C8H14N4O2S/c1-2-9-6-7-15(13,14)12-8-4-3-5-10-11-8/h3-5,9H,2,6-7H2,1H3,(H,11,12). The second kappa shape index (κ2) is 5.62. The van der Waals surface area contributed by atoms with Crippen LogP contribution in [0.25, 0.3) is 0 Å². The molecule has 0 saturated heterocycles. The van der Waals surface area contributed by atoms with Crippen molar-refractivity contribution in [3.05, 3.63) is 18.3 Å². The molecule has 1 aromatic rings. The number of anilines is 1. The summed E-state index contributed by atoms with van der Waals surface area (Å²) in [6.45, 7) is 3.09. The maximum absolute atomic E-state index is 11.5. The molecular formula is C8H14N4O2S. The Labute approximate surface area is 89.2 Å². The number of hydrogen-bond acceptors (Lipinski definition) is 5. The van der Waals surface area contributed by atoms with Crippen LogP contribution in [0.15, 0.2) is 18.3 Å². The molecule has 0 saturated carbocycles. The molecule has 84 valence electrons. The maximum atomic E-state index is 11.5. The molecule has 6 nitrogen and oxygen atoms in total. The molecule has 0 atom stereocenters. The van der Waals surface area contributed by atoms with E-state index in [0.717, 1.165) is 6.54 Å². The first-order chi connectivity index (χ1) is 7.14. The Kier molecular flexibility index (Phi) is 4.44. The van der Waals surface area contributed by atoms with E-state index in [1.54, 1.807) is 12.1 Å². The molecule has 1 heterocycles. The molecule has 1 aromatic heterocycles. The predicted molar refractivity (Wildman–Crippen MR) is 58.0 cm³/mol. The van der Waals surface area contributed by atoms with Crippen molar-refractivity contribution < 1.29 is 8.42 Å². The molecule has 0 aliphatic carbocycles. The minimum Gasteiger partial charge on any atom is -0.316 e. The first kappa shape index (κ1) is 11.9. The summed E-state index contributed by atoms with van der Waals surface area (Å²) >= 11 is 0. The van der Waals surface area contributed by atoms with E-state index in [4.69, 9.17) is 0 Å². The number of hydrogen-bond donors (Lipinski definition) is 2. The fourth-order valence-electron chi connectivity index (χ4n) is 0.950. The summed E-state index contributed by atoms with van der Waals surface area (Å²) in [7, 11) is -3.32. The molecule has 0 bridgehead atoms. The molecule has 15 heavy (non-hydrogen) atoms. The Morgan fingerprint density at radius 3 is 2.87 bits per heavy atom. The lowest BCUT2D eigenvalue weighted by Gasteiger charge is -2.06. The summed E-state index contributed by atoms with van der Waals surface area (Å²) in [5.41, 5.74) is 0. The van der Waals surface area contributed by atoms with Gasteiger partial charge in [0.1, 0.15) is 0 Å². The zero-order valence-electron chi connectivity index (χ0n) is 8.47. The molecule has 0 aliphatic heterocycles. The lowest BCUT2D eigenvalue weighted by atomic mass is 10.6. The van der Waals surface area contributed by atoms with E-state index < -0.39 is 10.0 Å². The summed E-state index contributed by atoms with van der Waals surface area (Å²) < 4.78 is 25.2. The Bertz CT molecular complexity index is 379. The van der Waals surface area contributed by atoms with Gasteiger partial charge in [-0.05, 0) is 18.7 Å². The van der Waals surface area contributed by atoms with Gasteiger partial charge in [-0.3, -0.25) is 4.72 Å². The van der Waals surface area contributed by atoms with Crippen molar-refractivity contribution in [1.29, 1.82) is 0 Å². The average Bonchev–Trinajstić information content (AvgIpc) is 2.18. The molecular weight excluding hydrogens is 216 g/mol. The van der Waals surface area contributed by atoms with Gasteiger partial charge in [0.2, 0.25) is 10.0 Å². The summed E-state index contributed by atoms with van der Waals surface area (Å²) in [4.78, 5) is 0. The quantitative estimate of drug-likeness (QED) is 0.663. The van der Waals surface area contributed by atoms with Gasteiger partial charge in [-0.1, -0.05) is 6.92 Å². The zero-order valence-corrected chi connectivity index (χ0v) is 9.29. The van der Waals surface area contributed by atoms with Crippen LogP contribution in [-0.4, -0.2) is 37.5 Å². The van der Waals surface area contributed by atoms with Crippen molar-refractivity contribution >= 4 is 15.8 Å². The Morgan fingerprint density at radius 1 is 1.47 bits per heavy atom. The van der Waals surface area contributed by atoms with Crippen LogP contribution in [0.3, 0.4) is 0 Å². The summed E-state index contributed by atoms with van der Waals surface area (Å²) in [5, 5.41) is 10.1.